The highest BCUT2D eigenvalue weighted by Crippen LogP contribution is 2.25. The maximum atomic E-state index is 14.7. The van der Waals surface area contributed by atoms with Crippen LogP contribution in [0, 0.1) is 5.82 Å². The van der Waals surface area contributed by atoms with Crippen molar-refractivity contribution in [3.8, 4) is 0 Å². The summed E-state index contributed by atoms with van der Waals surface area (Å²) in [6.45, 7) is 14.5. The Balaban J connectivity index is 1.90. The second-order valence-electron chi connectivity index (χ2n) is 8.56. The van der Waals surface area contributed by atoms with Crippen molar-refractivity contribution in [2.45, 2.75) is 52.3 Å². The van der Waals surface area contributed by atoms with Crippen molar-refractivity contribution in [3.63, 3.8) is 0 Å². The number of ether oxygens (including phenoxy) is 1. The molecule has 8 heteroatoms. The van der Waals surface area contributed by atoms with Gasteiger partial charge in [0.15, 0.2) is 0 Å². The van der Waals surface area contributed by atoms with Crippen molar-refractivity contribution >= 4 is 17.5 Å². The maximum Gasteiger partial charge on any atom is 0.410 e. The summed E-state index contributed by atoms with van der Waals surface area (Å²) in [6, 6.07) is 4.99. The van der Waals surface area contributed by atoms with Crippen molar-refractivity contribution in [1.29, 1.82) is 0 Å². The molecule has 1 atom stereocenters. The molecule has 0 radical (unpaired) electrons. The van der Waals surface area contributed by atoms with Crippen LogP contribution in [0.1, 0.15) is 40.5 Å². The molecule has 1 fully saturated rings. The number of hydrogen-bond acceptors (Lipinski definition) is 6. The third-order valence-electron chi connectivity index (χ3n) is 4.79. The number of anilines is 2. The lowest BCUT2D eigenvalue weighted by Gasteiger charge is -2.36. The van der Waals surface area contributed by atoms with Gasteiger partial charge in [-0.15, -0.1) is 0 Å². The zero-order valence-corrected chi connectivity index (χ0v) is 18.6. The van der Waals surface area contributed by atoms with Crippen molar-refractivity contribution in [2.75, 3.05) is 42.9 Å². The Bertz CT molecular complexity index is 727. The first-order chi connectivity index (χ1) is 14.1. The fourth-order valence-electron chi connectivity index (χ4n) is 3.12. The predicted molar refractivity (Wildman–Crippen MR) is 120 cm³/mol. The zero-order valence-electron chi connectivity index (χ0n) is 18.6. The Morgan fingerprint density at radius 1 is 1.30 bits per heavy atom. The minimum atomic E-state index is -0.527. The first-order valence-electron chi connectivity index (χ1n) is 10.6. The van der Waals surface area contributed by atoms with Crippen molar-refractivity contribution < 1.29 is 13.9 Å². The van der Waals surface area contributed by atoms with Gasteiger partial charge >= 0.3 is 6.09 Å². The van der Waals surface area contributed by atoms with E-state index in [9.17, 15) is 9.18 Å². The van der Waals surface area contributed by atoms with Crippen LogP contribution in [-0.2, 0) is 4.74 Å². The molecule has 1 aromatic carbocycles. The van der Waals surface area contributed by atoms with Crippen LogP contribution in [-0.4, -0.2) is 55.5 Å². The zero-order chi connectivity index (χ0) is 22.3. The molecule has 1 aromatic rings. The van der Waals surface area contributed by atoms with Gasteiger partial charge in [-0.05, 0) is 51.9 Å². The molecular formula is C22H36FN5O2. The number of carbonyl (C=O) groups excluding carboxylic acids is 1. The molecule has 0 spiro atoms. The summed E-state index contributed by atoms with van der Waals surface area (Å²) in [5.74, 6) is -0.328. The average molecular weight is 422 g/mol. The molecule has 1 amide bonds. The number of hydrogen-bond donors (Lipinski definition) is 3. The van der Waals surface area contributed by atoms with E-state index in [0.29, 0.717) is 43.3 Å². The number of nitrogens with one attached hydrogen (secondary N) is 2. The summed E-state index contributed by atoms with van der Waals surface area (Å²) in [6.07, 6.45) is 1.38. The van der Waals surface area contributed by atoms with Crippen LogP contribution in [0.4, 0.5) is 20.6 Å². The minimum Gasteiger partial charge on any atom is -0.444 e. The third kappa shape index (κ3) is 7.18. The van der Waals surface area contributed by atoms with Crippen LogP contribution in [0.15, 0.2) is 30.5 Å². The Morgan fingerprint density at radius 3 is 2.53 bits per heavy atom. The molecule has 0 bridgehead atoms. The lowest BCUT2D eigenvalue weighted by molar-refractivity contribution is 0.0240. The summed E-state index contributed by atoms with van der Waals surface area (Å²) in [5, 5.41) is 6.25. The molecule has 2 rings (SSSR count). The first kappa shape index (κ1) is 24.0. The van der Waals surface area contributed by atoms with E-state index in [1.807, 2.05) is 31.7 Å². The van der Waals surface area contributed by atoms with Crippen LogP contribution in [0.5, 0.6) is 0 Å². The smallest absolute Gasteiger partial charge is 0.410 e. The van der Waals surface area contributed by atoms with E-state index < -0.39 is 11.8 Å². The van der Waals surface area contributed by atoms with Gasteiger partial charge in [-0.25, -0.2) is 9.18 Å². The molecule has 0 unspecified atom stereocenters. The van der Waals surface area contributed by atoms with E-state index in [0.717, 1.165) is 19.4 Å². The fourth-order valence-corrected chi connectivity index (χ4v) is 3.12. The number of unbranched alkanes of at least 4 members (excludes halogenated alkanes) is 1. The monoisotopic (exact) mass is 421 g/mol. The lowest BCUT2D eigenvalue weighted by atomic mass is 10.2. The quantitative estimate of drug-likeness (QED) is 0.440. The van der Waals surface area contributed by atoms with Crippen LogP contribution in [0.3, 0.4) is 0 Å². The molecule has 168 valence electrons. The Labute approximate surface area is 179 Å². The molecule has 4 N–H and O–H groups in total. The number of nitrogens with two attached hydrogens (primary N) is 1. The standard InChI is InChI=1S/C22H36FN5O2/c1-6-7-10-25-20(24)16(2)26-17-8-9-19(18(23)15-17)27-11-13-28(14-12-27)21(29)30-22(3,4)5/h8-9,15,20,25-26H,2,6-7,10-14,24H2,1,3-5H3/t20-/m0/s1. The fraction of sp³-hybridized carbons (Fsp3) is 0.591. The van der Waals surface area contributed by atoms with Crippen LogP contribution in [0.2, 0.25) is 0 Å². The van der Waals surface area contributed by atoms with Gasteiger partial charge in [0.2, 0.25) is 0 Å². The number of benzene rings is 1. The van der Waals surface area contributed by atoms with E-state index in [1.54, 1.807) is 11.0 Å². The van der Waals surface area contributed by atoms with Gasteiger partial charge in [-0.2, -0.15) is 0 Å². The number of carbonyl (C=O) groups is 1. The number of halogens is 1. The molecule has 30 heavy (non-hydrogen) atoms. The molecule has 7 nitrogen and oxygen atoms in total. The van der Waals surface area contributed by atoms with E-state index in [2.05, 4.69) is 24.1 Å². The van der Waals surface area contributed by atoms with E-state index in [1.165, 1.54) is 6.07 Å². The van der Waals surface area contributed by atoms with Gasteiger partial charge < -0.3 is 25.6 Å². The molecule has 1 aliphatic rings. The summed E-state index contributed by atoms with van der Waals surface area (Å²) < 4.78 is 20.2. The van der Waals surface area contributed by atoms with Crippen LogP contribution in [0.25, 0.3) is 0 Å². The van der Waals surface area contributed by atoms with Crippen molar-refractivity contribution in [2.24, 2.45) is 5.73 Å². The molecule has 1 saturated heterocycles. The van der Waals surface area contributed by atoms with Crippen LogP contribution >= 0.6 is 0 Å². The largest absolute Gasteiger partial charge is 0.444 e. The number of amides is 1. The Kier molecular flexibility index (Phi) is 8.49. The van der Waals surface area contributed by atoms with E-state index >= 15 is 0 Å². The highest BCUT2D eigenvalue weighted by Gasteiger charge is 2.26. The summed E-state index contributed by atoms with van der Waals surface area (Å²) in [7, 11) is 0. The third-order valence-corrected chi connectivity index (χ3v) is 4.79. The van der Waals surface area contributed by atoms with Gasteiger partial charge in [0.1, 0.15) is 11.4 Å². The molecule has 1 heterocycles. The molecule has 0 aliphatic carbocycles. The highest BCUT2D eigenvalue weighted by molar-refractivity contribution is 5.69. The number of piperazine rings is 1. The second kappa shape index (κ2) is 10.6. The Hall–Kier alpha value is -2.32. The van der Waals surface area contributed by atoms with Gasteiger partial charge in [0, 0.05) is 37.6 Å². The summed E-state index contributed by atoms with van der Waals surface area (Å²) in [4.78, 5) is 15.8. The predicted octanol–water partition coefficient (Wildman–Crippen LogP) is 3.48. The highest BCUT2D eigenvalue weighted by atomic mass is 19.1. The van der Waals surface area contributed by atoms with Gasteiger partial charge in [0.25, 0.3) is 0 Å². The normalized spacial score (nSPS) is 15.7. The minimum absolute atomic E-state index is 0.328. The summed E-state index contributed by atoms with van der Waals surface area (Å²) >= 11 is 0. The molecule has 0 saturated carbocycles. The molecule has 1 aliphatic heterocycles. The Morgan fingerprint density at radius 2 is 1.97 bits per heavy atom. The average Bonchev–Trinajstić information content (AvgIpc) is 2.67. The maximum absolute atomic E-state index is 14.7. The van der Waals surface area contributed by atoms with E-state index in [4.69, 9.17) is 10.5 Å². The van der Waals surface area contributed by atoms with Crippen molar-refractivity contribution in [1.82, 2.24) is 10.2 Å². The summed E-state index contributed by atoms with van der Waals surface area (Å²) in [5.41, 5.74) is 7.22. The number of nitrogens with zero attached hydrogens (tertiary/aromatic N) is 2. The van der Waals surface area contributed by atoms with Crippen LogP contribution < -0.4 is 21.3 Å². The topological polar surface area (TPSA) is 82.9 Å². The molecule has 0 aromatic heterocycles. The number of rotatable bonds is 8. The lowest BCUT2D eigenvalue weighted by Crippen LogP contribution is -2.50. The molecular weight excluding hydrogens is 385 g/mol. The van der Waals surface area contributed by atoms with E-state index in [-0.39, 0.29) is 11.9 Å². The first-order valence-corrected chi connectivity index (χ1v) is 10.6. The SMILES string of the molecule is C=C(Nc1ccc(N2CCN(C(=O)OC(C)(C)C)CC2)c(F)c1)[C@@H](N)NCCCC. The van der Waals surface area contributed by atoms with Gasteiger partial charge in [-0.1, -0.05) is 19.9 Å². The van der Waals surface area contributed by atoms with Gasteiger partial charge in [0.05, 0.1) is 11.9 Å². The second-order valence-corrected chi connectivity index (χ2v) is 8.56. The van der Waals surface area contributed by atoms with Gasteiger partial charge in [-0.3, -0.25) is 5.32 Å². The van der Waals surface area contributed by atoms with Crippen molar-refractivity contribution in [3.05, 3.63) is 36.3 Å².